The van der Waals surface area contributed by atoms with Crippen LogP contribution in [0, 0.1) is 0 Å². The molecule has 17 heavy (non-hydrogen) atoms. The van der Waals surface area contributed by atoms with Gasteiger partial charge in [0, 0.05) is 6.04 Å². The fourth-order valence-electron chi connectivity index (χ4n) is 1.41. The van der Waals surface area contributed by atoms with Crippen molar-refractivity contribution in [3.63, 3.8) is 0 Å². The maximum atomic E-state index is 5.89. The van der Waals surface area contributed by atoms with E-state index in [1.165, 1.54) is 0 Å². The van der Waals surface area contributed by atoms with Crippen LogP contribution in [-0.4, -0.2) is 27.6 Å². The van der Waals surface area contributed by atoms with Crippen molar-refractivity contribution in [2.45, 2.75) is 52.7 Å². The maximum Gasteiger partial charge on any atom is 0.240 e. The molecule has 0 bridgehead atoms. The van der Waals surface area contributed by atoms with Gasteiger partial charge in [-0.1, -0.05) is 12.1 Å². The number of nitrogens with two attached hydrogens (primary N) is 1. The normalized spacial score (nSPS) is 12.0. The van der Waals surface area contributed by atoms with Crippen molar-refractivity contribution in [2.75, 3.05) is 6.54 Å². The molecule has 0 aliphatic rings. The van der Waals surface area contributed by atoms with Crippen LogP contribution in [0.2, 0.25) is 0 Å². The molecule has 1 rings (SSSR count). The summed E-state index contributed by atoms with van der Waals surface area (Å²) in [5.74, 6) is 1.19. The van der Waals surface area contributed by atoms with Gasteiger partial charge >= 0.3 is 0 Å². The second-order valence-corrected chi connectivity index (χ2v) is 4.89. The van der Waals surface area contributed by atoms with Gasteiger partial charge in [0.15, 0.2) is 5.82 Å². The summed E-state index contributed by atoms with van der Waals surface area (Å²) in [6.07, 6.45) is 0. The molecule has 0 fully saturated rings. The third kappa shape index (κ3) is 4.61. The van der Waals surface area contributed by atoms with Gasteiger partial charge in [0.25, 0.3) is 0 Å². The largest absolute Gasteiger partial charge is 0.338 e. The van der Waals surface area contributed by atoms with E-state index in [0.29, 0.717) is 24.3 Å². The highest BCUT2D eigenvalue weighted by Crippen LogP contribution is 2.14. The zero-order valence-electron chi connectivity index (χ0n) is 11.2. The van der Waals surface area contributed by atoms with Crippen LogP contribution in [0.25, 0.3) is 0 Å². The lowest BCUT2D eigenvalue weighted by molar-refractivity contribution is 0.194. The molecule has 0 unspecified atom stereocenters. The summed E-state index contributed by atoms with van der Waals surface area (Å²) in [6.45, 7) is 11.8. The molecule has 0 aromatic carbocycles. The van der Waals surface area contributed by atoms with E-state index in [2.05, 4.69) is 35.8 Å². The Hall–Kier alpha value is -0.650. The van der Waals surface area contributed by atoms with Gasteiger partial charge in [0.05, 0.1) is 12.1 Å². The van der Waals surface area contributed by atoms with Gasteiger partial charge in [-0.25, -0.2) is 0 Å². The van der Waals surface area contributed by atoms with E-state index in [-0.39, 0.29) is 12.4 Å². The molecule has 0 radical (unpaired) electrons. The number of halogens is 1. The van der Waals surface area contributed by atoms with Gasteiger partial charge < -0.3 is 10.3 Å². The monoisotopic (exact) mass is 262 g/mol. The van der Waals surface area contributed by atoms with Crippen LogP contribution in [0.5, 0.6) is 0 Å². The minimum atomic E-state index is -0.545. The summed E-state index contributed by atoms with van der Waals surface area (Å²) in [4.78, 5) is 6.56. The molecule has 0 aliphatic heterocycles. The lowest BCUT2D eigenvalue weighted by atomic mass is 10.1. The van der Waals surface area contributed by atoms with Gasteiger partial charge in [-0.15, -0.1) is 12.4 Å². The Bertz CT molecular complexity index is 332. The first-order valence-corrected chi connectivity index (χ1v) is 5.70. The van der Waals surface area contributed by atoms with Crippen LogP contribution >= 0.6 is 12.4 Å². The van der Waals surface area contributed by atoms with Gasteiger partial charge in [0.2, 0.25) is 5.89 Å². The molecule has 0 aliphatic carbocycles. The van der Waals surface area contributed by atoms with Crippen molar-refractivity contribution in [2.24, 2.45) is 5.73 Å². The van der Waals surface area contributed by atoms with Crippen molar-refractivity contribution in [1.29, 1.82) is 0 Å². The fourth-order valence-corrected chi connectivity index (χ4v) is 1.41. The number of rotatable bonds is 5. The Morgan fingerprint density at radius 1 is 1.41 bits per heavy atom. The summed E-state index contributed by atoms with van der Waals surface area (Å²) >= 11 is 0. The summed E-state index contributed by atoms with van der Waals surface area (Å²) < 4.78 is 5.19. The highest BCUT2D eigenvalue weighted by Gasteiger charge is 2.22. The molecule has 1 aromatic rings. The Kier molecular flexibility index (Phi) is 6.09. The van der Waals surface area contributed by atoms with E-state index in [4.69, 9.17) is 10.3 Å². The van der Waals surface area contributed by atoms with Crippen LogP contribution in [0.15, 0.2) is 4.52 Å². The number of aromatic nitrogens is 2. The first-order chi connectivity index (χ1) is 7.34. The zero-order valence-corrected chi connectivity index (χ0v) is 12.0. The molecule has 100 valence electrons. The Morgan fingerprint density at radius 2 is 2.00 bits per heavy atom. The van der Waals surface area contributed by atoms with Crippen molar-refractivity contribution in [3.05, 3.63) is 11.7 Å². The van der Waals surface area contributed by atoms with Crippen molar-refractivity contribution in [3.8, 4) is 0 Å². The van der Waals surface area contributed by atoms with E-state index in [9.17, 15) is 0 Å². The van der Waals surface area contributed by atoms with Crippen molar-refractivity contribution < 1.29 is 4.52 Å². The first kappa shape index (κ1) is 16.4. The van der Waals surface area contributed by atoms with E-state index in [1.54, 1.807) is 0 Å². The maximum absolute atomic E-state index is 5.89. The molecule has 1 heterocycles. The van der Waals surface area contributed by atoms with Crippen LogP contribution < -0.4 is 5.73 Å². The standard InChI is InChI=1S/C11H22N4O.ClH/c1-6-15(8(2)3)7-9-13-10(14-16-9)11(4,5)12;/h8H,6-7,12H2,1-5H3;1H. The smallest absolute Gasteiger partial charge is 0.240 e. The number of hydrogen-bond donors (Lipinski definition) is 1. The third-order valence-electron chi connectivity index (χ3n) is 2.52. The van der Waals surface area contributed by atoms with E-state index in [1.807, 2.05) is 13.8 Å². The average molecular weight is 263 g/mol. The summed E-state index contributed by atoms with van der Waals surface area (Å²) in [7, 11) is 0. The SMILES string of the molecule is CCN(Cc1nc(C(C)(C)N)no1)C(C)C.Cl. The Morgan fingerprint density at radius 3 is 2.35 bits per heavy atom. The van der Waals surface area contributed by atoms with E-state index < -0.39 is 5.54 Å². The highest BCUT2D eigenvalue weighted by atomic mass is 35.5. The van der Waals surface area contributed by atoms with Gasteiger partial charge in [-0.3, -0.25) is 4.90 Å². The van der Waals surface area contributed by atoms with Gasteiger partial charge in [-0.05, 0) is 34.2 Å². The van der Waals surface area contributed by atoms with Crippen LogP contribution in [0.3, 0.4) is 0 Å². The third-order valence-corrected chi connectivity index (χ3v) is 2.52. The van der Waals surface area contributed by atoms with Crippen molar-refractivity contribution >= 4 is 12.4 Å². The Labute approximate surface area is 109 Å². The topological polar surface area (TPSA) is 68.2 Å². The highest BCUT2D eigenvalue weighted by molar-refractivity contribution is 5.85. The molecule has 1 aromatic heterocycles. The summed E-state index contributed by atoms with van der Waals surface area (Å²) in [5, 5.41) is 3.90. The minimum absolute atomic E-state index is 0. The number of hydrogen-bond acceptors (Lipinski definition) is 5. The lowest BCUT2D eigenvalue weighted by Crippen LogP contribution is -2.31. The first-order valence-electron chi connectivity index (χ1n) is 5.70. The molecule has 5 nitrogen and oxygen atoms in total. The Balaban J connectivity index is 0.00000256. The predicted octanol–water partition coefficient (Wildman–Crippen LogP) is 1.92. The predicted molar refractivity (Wildman–Crippen MR) is 70.0 cm³/mol. The van der Waals surface area contributed by atoms with Crippen LogP contribution in [0.1, 0.15) is 46.3 Å². The molecule has 0 saturated carbocycles. The minimum Gasteiger partial charge on any atom is -0.338 e. The molecule has 0 amide bonds. The average Bonchev–Trinajstić information content (AvgIpc) is 2.61. The fraction of sp³-hybridized carbons (Fsp3) is 0.818. The zero-order chi connectivity index (χ0) is 12.3. The van der Waals surface area contributed by atoms with Gasteiger partial charge in [0.1, 0.15) is 0 Å². The molecule has 0 atom stereocenters. The number of nitrogens with zero attached hydrogens (tertiary/aromatic N) is 3. The molecule has 0 saturated heterocycles. The molecule has 2 N–H and O–H groups in total. The van der Waals surface area contributed by atoms with Crippen LogP contribution in [-0.2, 0) is 12.1 Å². The molecular formula is C11H23ClN4O. The molecule has 6 heteroatoms. The van der Waals surface area contributed by atoms with E-state index in [0.717, 1.165) is 6.54 Å². The quantitative estimate of drug-likeness (QED) is 0.878. The molecular weight excluding hydrogens is 240 g/mol. The second-order valence-electron chi connectivity index (χ2n) is 4.89. The molecule has 0 spiro atoms. The second kappa shape index (κ2) is 6.33. The van der Waals surface area contributed by atoms with Crippen molar-refractivity contribution in [1.82, 2.24) is 15.0 Å². The summed E-state index contributed by atoms with van der Waals surface area (Å²) in [6, 6.07) is 0.464. The van der Waals surface area contributed by atoms with Crippen LogP contribution in [0.4, 0.5) is 0 Å². The lowest BCUT2D eigenvalue weighted by Gasteiger charge is -2.22. The summed E-state index contributed by atoms with van der Waals surface area (Å²) in [5.41, 5.74) is 5.35. The van der Waals surface area contributed by atoms with E-state index >= 15 is 0 Å². The van der Waals surface area contributed by atoms with Gasteiger partial charge in [-0.2, -0.15) is 4.98 Å².